The molecule has 0 spiro atoms. The Morgan fingerprint density at radius 2 is 2.00 bits per heavy atom. The highest BCUT2D eigenvalue weighted by Crippen LogP contribution is 2.16. The fourth-order valence-electron chi connectivity index (χ4n) is 2.69. The molecule has 1 aliphatic heterocycles. The number of piperidine rings is 1. The van der Waals surface area contributed by atoms with Crippen LogP contribution in [0.5, 0.6) is 5.75 Å². The molecule has 1 fully saturated rings. The molecule has 134 valence electrons. The number of hydrogen-bond acceptors (Lipinski definition) is 4. The van der Waals surface area contributed by atoms with Gasteiger partial charge in [0.05, 0.1) is 13.2 Å². The molecule has 0 saturated carbocycles. The average molecular weight is 356 g/mol. The molecule has 0 aliphatic carbocycles. The van der Waals surface area contributed by atoms with Crippen molar-refractivity contribution in [3.05, 3.63) is 24.3 Å². The minimum Gasteiger partial charge on any atom is -0.494 e. The number of ether oxygens (including phenoxy) is 1. The van der Waals surface area contributed by atoms with Gasteiger partial charge in [-0.2, -0.15) is 0 Å². The van der Waals surface area contributed by atoms with Crippen molar-refractivity contribution in [1.82, 2.24) is 10.6 Å². The zero-order valence-corrected chi connectivity index (χ0v) is 14.9. The van der Waals surface area contributed by atoms with E-state index >= 15 is 0 Å². The Morgan fingerprint density at radius 1 is 1.29 bits per heavy atom. The van der Waals surface area contributed by atoms with Gasteiger partial charge < -0.3 is 20.7 Å². The van der Waals surface area contributed by atoms with Gasteiger partial charge in [0.1, 0.15) is 5.75 Å². The Labute approximate surface area is 149 Å². The van der Waals surface area contributed by atoms with Gasteiger partial charge in [-0.25, -0.2) is 0 Å². The number of nitrogens with one attached hydrogen (secondary N) is 3. The monoisotopic (exact) mass is 355 g/mol. The standard InChI is InChI=1S/C17H25N3O3.ClH/c1-3-23-15-6-4-14(5-7-15)20-16(21)11-19-17(22)13-8-9-18-12(2)10-13;/h4-7,12-13,18H,3,8-11H2,1-2H3,(H,19,22)(H,20,21);1H/t12-,13-;/m0./s1. The van der Waals surface area contributed by atoms with Crippen LogP contribution in [0, 0.1) is 5.92 Å². The third kappa shape index (κ3) is 6.37. The normalized spacial score (nSPS) is 19.8. The molecule has 2 atom stereocenters. The molecule has 1 aromatic rings. The largest absolute Gasteiger partial charge is 0.494 e. The van der Waals surface area contributed by atoms with E-state index in [2.05, 4.69) is 22.9 Å². The van der Waals surface area contributed by atoms with Crippen LogP contribution in [0.3, 0.4) is 0 Å². The predicted octanol–water partition coefficient (Wildman–Crippen LogP) is 1.95. The van der Waals surface area contributed by atoms with Crippen molar-refractivity contribution in [3.63, 3.8) is 0 Å². The molecule has 24 heavy (non-hydrogen) atoms. The Kier molecular flexibility index (Phi) is 8.57. The lowest BCUT2D eigenvalue weighted by atomic mass is 9.92. The summed E-state index contributed by atoms with van der Waals surface area (Å²) >= 11 is 0. The van der Waals surface area contributed by atoms with Gasteiger partial charge in [-0.15, -0.1) is 12.4 Å². The Bertz CT molecular complexity index is 536. The fraction of sp³-hybridized carbons (Fsp3) is 0.529. The molecule has 1 aromatic carbocycles. The number of carbonyl (C=O) groups is 2. The van der Waals surface area contributed by atoms with Crippen molar-refractivity contribution in [2.45, 2.75) is 32.7 Å². The van der Waals surface area contributed by atoms with Gasteiger partial charge >= 0.3 is 0 Å². The highest BCUT2D eigenvalue weighted by atomic mass is 35.5. The minimum absolute atomic E-state index is 0. The lowest BCUT2D eigenvalue weighted by Gasteiger charge is -2.26. The Hall–Kier alpha value is -1.79. The molecule has 0 aromatic heterocycles. The van der Waals surface area contributed by atoms with Crippen molar-refractivity contribution in [2.75, 3.05) is 25.0 Å². The van der Waals surface area contributed by atoms with E-state index in [1.165, 1.54) is 0 Å². The first-order valence-electron chi connectivity index (χ1n) is 8.12. The van der Waals surface area contributed by atoms with E-state index in [-0.39, 0.29) is 36.7 Å². The molecule has 0 radical (unpaired) electrons. The second kappa shape index (κ2) is 10.2. The van der Waals surface area contributed by atoms with Gasteiger partial charge in [0.2, 0.25) is 11.8 Å². The number of carbonyl (C=O) groups excluding carboxylic acids is 2. The lowest BCUT2D eigenvalue weighted by Crippen LogP contribution is -2.44. The van der Waals surface area contributed by atoms with E-state index in [0.29, 0.717) is 18.3 Å². The van der Waals surface area contributed by atoms with Gasteiger partial charge in [-0.1, -0.05) is 0 Å². The van der Waals surface area contributed by atoms with Crippen molar-refractivity contribution in [3.8, 4) is 5.75 Å². The number of halogens is 1. The highest BCUT2D eigenvalue weighted by molar-refractivity contribution is 5.94. The van der Waals surface area contributed by atoms with Crippen LogP contribution in [-0.4, -0.2) is 37.6 Å². The van der Waals surface area contributed by atoms with Crippen molar-refractivity contribution >= 4 is 29.9 Å². The summed E-state index contributed by atoms with van der Waals surface area (Å²) in [5.74, 6) is 0.480. The Morgan fingerprint density at radius 3 is 2.62 bits per heavy atom. The third-order valence-electron chi connectivity index (χ3n) is 3.87. The molecular weight excluding hydrogens is 330 g/mol. The molecule has 1 saturated heterocycles. The van der Waals surface area contributed by atoms with Crippen LogP contribution in [0.1, 0.15) is 26.7 Å². The van der Waals surface area contributed by atoms with Crippen molar-refractivity contribution in [2.24, 2.45) is 5.92 Å². The quantitative estimate of drug-likeness (QED) is 0.728. The van der Waals surface area contributed by atoms with Crippen LogP contribution < -0.4 is 20.7 Å². The summed E-state index contributed by atoms with van der Waals surface area (Å²) in [6, 6.07) is 7.50. The van der Waals surface area contributed by atoms with Crippen LogP contribution in [0.4, 0.5) is 5.69 Å². The maximum atomic E-state index is 12.1. The number of hydrogen-bond donors (Lipinski definition) is 3. The van der Waals surface area contributed by atoms with E-state index in [0.717, 1.165) is 25.1 Å². The number of rotatable bonds is 6. The molecule has 1 heterocycles. The molecule has 1 aliphatic rings. The first-order valence-corrected chi connectivity index (χ1v) is 8.12. The van der Waals surface area contributed by atoms with Crippen LogP contribution >= 0.6 is 12.4 Å². The second-order valence-electron chi connectivity index (χ2n) is 5.80. The van der Waals surface area contributed by atoms with Crippen LogP contribution in [-0.2, 0) is 9.59 Å². The summed E-state index contributed by atoms with van der Waals surface area (Å²) in [5.41, 5.74) is 0.684. The van der Waals surface area contributed by atoms with Gasteiger partial charge in [0.25, 0.3) is 0 Å². The molecule has 0 unspecified atom stereocenters. The Balaban J connectivity index is 0.00000288. The molecule has 3 N–H and O–H groups in total. The molecule has 2 amide bonds. The van der Waals surface area contributed by atoms with Crippen molar-refractivity contribution in [1.29, 1.82) is 0 Å². The summed E-state index contributed by atoms with van der Waals surface area (Å²) < 4.78 is 5.35. The van der Waals surface area contributed by atoms with Crippen LogP contribution in [0.15, 0.2) is 24.3 Å². The highest BCUT2D eigenvalue weighted by Gasteiger charge is 2.24. The summed E-state index contributed by atoms with van der Waals surface area (Å²) in [4.78, 5) is 24.0. The summed E-state index contributed by atoms with van der Waals surface area (Å²) in [6.45, 7) is 5.43. The first-order chi connectivity index (χ1) is 11.1. The number of anilines is 1. The van der Waals surface area contributed by atoms with E-state index in [1.54, 1.807) is 24.3 Å². The molecule has 6 nitrogen and oxygen atoms in total. The van der Waals surface area contributed by atoms with Gasteiger partial charge in [0.15, 0.2) is 0 Å². The molecule has 7 heteroatoms. The van der Waals surface area contributed by atoms with E-state index in [1.807, 2.05) is 6.92 Å². The maximum Gasteiger partial charge on any atom is 0.243 e. The minimum atomic E-state index is -0.232. The maximum absolute atomic E-state index is 12.1. The topological polar surface area (TPSA) is 79.5 Å². The SMILES string of the molecule is CCOc1ccc(NC(=O)CNC(=O)[C@H]2CCN[C@@H](C)C2)cc1.Cl. The zero-order valence-electron chi connectivity index (χ0n) is 14.1. The molecular formula is C17H26ClN3O3. The zero-order chi connectivity index (χ0) is 16.7. The molecule has 0 bridgehead atoms. The first kappa shape index (κ1) is 20.3. The number of amides is 2. The van der Waals surface area contributed by atoms with E-state index in [4.69, 9.17) is 4.74 Å². The second-order valence-corrected chi connectivity index (χ2v) is 5.80. The third-order valence-corrected chi connectivity index (χ3v) is 3.87. The van der Waals surface area contributed by atoms with Gasteiger partial charge in [-0.05, 0) is 57.5 Å². The summed E-state index contributed by atoms with van der Waals surface area (Å²) in [7, 11) is 0. The smallest absolute Gasteiger partial charge is 0.243 e. The average Bonchev–Trinajstić information content (AvgIpc) is 2.55. The van der Waals surface area contributed by atoms with Crippen molar-refractivity contribution < 1.29 is 14.3 Å². The lowest BCUT2D eigenvalue weighted by molar-refractivity contribution is -0.128. The summed E-state index contributed by atoms with van der Waals surface area (Å²) in [5, 5.41) is 8.79. The fourth-order valence-corrected chi connectivity index (χ4v) is 2.69. The molecule has 2 rings (SSSR count). The van der Waals surface area contributed by atoms with E-state index < -0.39 is 0 Å². The van der Waals surface area contributed by atoms with Gasteiger partial charge in [-0.3, -0.25) is 9.59 Å². The summed E-state index contributed by atoms with van der Waals surface area (Å²) in [6.07, 6.45) is 1.63. The van der Waals surface area contributed by atoms with Gasteiger partial charge in [0, 0.05) is 17.6 Å². The predicted molar refractivity (Wildman–Crippen MR) is 96.7 cm³/mol. The number of benzene rings is 1. The van der Waals surface area contributed by atoms with Crippen LogP contribution in [0.2, 0.25) is 0 Å². The van der Waals surface area contributed by atoms with E-state index in [9.17, 15) is 9.59 Å². The van der Waals surface area contributed by atoms with Crippen LogP contribution in [0.25, 0.3) is 0 Å².